The van der Waals surface area contributed by atoms with Crippen LogP contribution in [0.3, 0.4) is 0 Å². The van der Waals surface area contributed by atoms with Gasteiger partial charge in [0.2, 0.25) is 0 Å². The predicted molar refractivity (Wildman–Crippen MR) is 111 cm³/mol. The van der Waals surface area contributed by atoms with Gasteiger partial charge < -0.3 is 19.0 Å². The maximum absolute atomic E-state index is 12.7. The van der Waals surface area contributed by atoms with Crippen molar-refractivity contribution in [2.24, 2.45) is 0 Å². The van der Waals surface area contributed by atoms with Crippen molar-refractivity contribution in [3.63, 3.8) is 0 Å². The van der Waals surface area contributed by atoms with E-state index in [9.17, 15) is 4.79 Å². The Hall–Kier alpha value is -3.27. The quantitative estimate of drug-likeness (QED) is 0.229. The number of hydrogen-bond acceptors (Lipinski definition) is 8. The molecule has 0 aliphatic rings. The number of nitrogens with zero attached hydrogens (tertiary/aromatic N) is 1. The van der Waals surface area contributed by atoms with Gasteiger partial charge >= 0.3 is 0 Å². The first-order valence-electron chi connectivity index (χ1n) is 8.96. The number of carbonyl (C=O) groups is 1. The average molecular weight is 426 g/mol. The van der Waals surface area contributed by atoms with Gasteiger partial charge in [-0.05, 0) is 56.3 Å². The van der Waals surface area contributed by atoms with Gasteiger partial charge in [0.05, 0.1) is 24.5 Å². The van der Waals surface area contributed by atoms with Gasteiger partial charge in [-0.25, -0.2) is 4.89 Å². The van der Waals surface area contributed by atoms with Crippen LogP contribution in [0.1, 0.15) is 21.9 Å². The fourth-order valence-electron chi connectivity index (χ4n) is 2.83. The molecular formula is C21H18N2O6S. The maximum atomic E-state index is 12.7. The van der Waals surface area contributed by atoms with Crippen LogP contribution in [-0.4, -0.2) is 18.2 Å². The molecule has 0 radical (unpaired) electrons. The van der Waals surface area contributed by atoms with E-state index in [-0.39, 0.29) is 5.91 Å². The molecule has 2 aromatic heterocycles. The number of nitrogens with one attached hydrogen (secondary N) is 1. The Labute approximate surface area is 176 Å². The number of anilines is 1. The lowest BCUT2D eigenvalue weighted by atomic mass is 10.1. The first-order valence-corrected chi connectivity index (χ1v) is 9.70. The van der Waals surface area contributed by atoms with Crippen LogP contribution >= 0.6 is 12.0 Å². The number of aryl methyl sites for hydroxylation is 2. The Kier molecular flexibility index (Phi) is 5.75. The summed E-state index contributed by atoms with van der Waals surface area (Å²) in [6.45, 7) is 3.58. The van der Waals surface area contributed by atoms with Crippen LogP contribution in [-0.2, 0) is 9.22 Å². The van der Waals surface area contributed by atoms with Gasteiger partial charge in [-0.15, -0.1) is 0 Å². The minimum atomic E-state index is -0.354. The second-order valence-electron chi connectivity index (χ2n) is 6.41. The van der Waals surface area contributed by atoms with Crippen molar-refractivity contribution in [2.45, 2.75) is 18.7 Å². The molecule has 9 heteroatoms. The zero-order valence-electron chi connectivity index (χ0n) is 16.4. The number of amides is 1. The standard InChI is InChI=1S/C21H18N2O6S/c1-12-8-17-18(26-12)10-14(21(24)22-20-9-13(2)28-23-20)11-19(17)27-15-4-6-16(7-5-15)30-29-25-3/h4-11H,1-3H3,(H,22,23,24). The zero-order valence-corrected chi connectivity index (χ0v) is 17.2. The summed E-state index contributed by atoms with van der Waals surface area (Å²) < 4.78 is 21.6. The highest BCUT2D eigenvalue weighted by atomic mass is 32.2. The van der Waals surface area contributed by atoms with E-state index in [0.717, 1.165) is 22.3 Å². The lowest BCUT2D eigenvalue weighted by Crippen LogP contribution is -2.12. The summed E-state index contributed by atoms with van der Waals surface area (Å²) in [6.07, 6.45) is 0. The average Bonchev–Trinajstić information content (AvgIpc) is 3.31. The topological polar surface area (TPSA) is 96.0 Å². The number of furan rings is 1. The molecule has 1 N–H and O–H groups in total. The normalized spacial score (nSPS) is 11.0. The molecule has 2 aromatic carbocycles. The minimum Gasteiger partial charge on any atom is -0.461 e. The number of carbonyl (C=O) groups excluding carboxylic acids is 1. The Balaban J connectivity index is 1.62. The zero-order chi connectivity index (χ0) is 21.1. The van der Waals surface area contributed by atoms with Crippen LogP contribution in [0.2, 0.25) is 0 Å². The summed E-state index contributed by atoms with van der Waals surface area (Å²) in [4.78, 5) is 18.1. The molecule has 0 aliphatic heterocycles. The molecular weight excluding hydrogens is 408 g/mol. The molecule has 0 bridgehead atoms. The highest BCUT2D eigenvalue weighted by Crippen LogP contribution is 2.34. The molecule has 0 unspecified atom stereocenters. The molecule has 4 rings (SSSR count). The Morgan fingerprint density at radius 2 is 1.87 bits per heavy atom. The molecule has 0 atom stereocenters. The molecule has 1 amide bonds. The molecule has 30 heavy (non-hydrogen) atoms. The Morgan fingerprint density at radius 1 is 1.07 bits per heavy atom. The van der Waals surface area contributed by atoms with Crippen LogP contribution in [0.15, 0.2) is 62.4 Å². The fourth-order valence-corrected chi connectivity index (χ4v) is 3.22. The van der Waals surface area contributed by atoms with Crippen molar-refractivity contribution in [2.75, 3.05) is 12.4 Å². The summed E-state index contributed by atoms with van der Waals surface area (Å²) in [6, 6.07) is 14.1. The lowest BCUT2D eigenvalue weighted by Gasteiger charge is -2.09. The number of benzene rings is 2. The van der Waals surface area contributed by atoms with E-state index in [2.05, 4.69) is 15.4 Å². The van der Waals surface area contributed by atoms with E-state index in [0.29, 0.717) is 40.0 Å². The van der Waals surface area contributed by atoms with E-state index < -0.39 is 0 Å². The van der Waals surface area contributed by atoms with E-state index in [1.165, 1.54) is 7.11 Å². The number of fused-ring (bicyclic) bond motifs is 1. The molecule has 0 spiro atoms. The second kappa shape index (κ2) is 8.62. The summed E-state index contributed by atoms with van der Waals surface area (Å²) >= 11 is 1.09. The first kappa shape index (κ1) is 20.0. The highest BCUT2D eigenvalue weighted by molar-refractivity contribution is 7.94. The minimum absolute atomic E-state index is 0.335. The molecule has 4 aromatic rings. The predicted octanol–water partition coefficient (Wildman–Crippen LogP) is 5.67. The van der Waals surface area contributed by atoms with Gasteiger partial charge in [0, 0.05) is 16.5 Å². The third-order valence-corrected chi connectivity index (χ3v) is 4.77. The summed E-state index contributed by atoms with van der Waals surface area (Å²) in [7, 11) is 1.44. The van der Waals surface area contributed by atoms with Crippen LogP contribution in [0.4, 0.5) is 5.82 Å². The van der Waals surface area contributed by atoms with Gasteiger partial charge in [0.25, 0.3) is 5.91 Å². The van der Waals surface area contributed by atoms with Crippen molar-refractivity contribution < 1.29 is 27.7 Å². The van der Waals surface area contributed by atoms with E-state index in [1.807, 2.05) is 25.1 Å². The molecule has 2 heterocycles. The second-order valence-corrected chi connectivity index (χ2v) is 7.19. The van der Waals surface area contributed by atoms with Crippen molar-refractivity contribution in [1.29, 1.82) is 0 Å². The van der Waals surface area contributed by atoms with Crippen LogP contribution in [0.25, 0.3) is 11.0 Å². The molecule has 0 aliphatic carbocycles. The molecule has 0 saturated carbocycles. The summed E-state index contributed by atoms with van der Waals surface area (Å²) in [5.41, 5.74) is 0.917. The largest absolute Gasteiger partial charge is 0.461 e. The fraction of sp³-hybridized carbons (Fsp3) is 0.143. The number of hydrogen-bond donors (Lipinski definition) is 1. The monoisotopic (exact) mass is 426 g/mol. The van der Waals surface area contributed by atoms with Crippen molar-refractivity contribution in [1.82, 2.24) is 5.16 Å². The van der Waals surface area contributed by atoms with E-state index in [4.69, 9.17) is 18.0 Å². The van der Waals surface area contributed by atoms with Crippen LogP contribution in [0, 0.1) is 13.8 Å². The number of aromatic nitrogens is 1. The third kappa shape index (κ3) is 4.48. The van der Waals surface area contributed by atoms with E-state index >= 15 is 0 Å². The number of ether oxygens (including phenoxy) is 1. The first-order chi connectivity index (χ1) is 14.5. The summed E-state index contributed by atoms with van der Waals surface area (Å²) in [5, 5.41) is 7.25. The Morgan fingerprint density at radius 3 is 2.57 bits per heavy atom. The SMILES string of the molecule is COOSc1ccc(Oc2cc(C(=O)Nc3cc(C)on3)cc3oc(C)cc23)cc1. The molecule has 8 nitrogen and oxygen atoms in total. The van der Waals surface area contributed by atoms with Crippen LogP contribution in [0.5, 0.6) is 11.5 Å². The molecule has 0 fully saturated rings. The van der Waals surface area contributed by atoms with E-state index in [1.54, 1.807) is 37.3 Å². The van der Waals surface area contributed by atoms with Gasteiger partial charge in [-0.1, -0.05) is 5.16 Å². The third-order valence-electron chi connectivity index (χ3n) is 4.10. The lowest BCUT2D eigenvalue weighted by molar-refractivity contribution is -0.160. The molecule has 154 valence electrons. The van der Waals surface area contributed by atoms with Crippen molar-refractivity contribution >= 4 is 34.7 Å². The highest BCUT2D eigenvalue weighted by Gasteiger charge is 2.16. The van der Waals surface area contributed by atoms with Gasteiger partial charge in [-0.2, -0.15) is 4.33 Å². The number of rotatable bonds is 7. The molecule has 0 saturated heterocycles. The maximum Gasteiger partial charge on any atom is 0.257 e. The van der Waals surface area contributed by atoms with Crippen molar-refractivity contribution in [3.8, 4) is 11.5 Å². The van der Waals surface area contributed by atoms with Gasteiger partial charge in [0.15, 0.2) is 5.82 Å². The van der Waals surface area contributed by atoms with Gasteiger partial charge in [0.1, 0.15) is 28.6 Å². The van der Waals surface area contributed by atoms with Crippen LogP contribution < -0.4 is 10.1 Å². The van der Waals surface area contributed by atoms with Gasteiger partial charge in [-0.3, -0.25) is 4.79 Å². The van der Waals surface area contributed by atoms with Crippen molar-refractivity contribution in [3.05, 3.63) is 65.6 Å². The smallest absolute Gasteiger partial charge is 0.257 e. The summed E-state index contributed by atoms with van der Waals surface area (Å²) in [5.74, 6) is 2.39. The Bertz CT molecular complexity index is 1180.